The van der Waals surface area contributed by atoms with Gasteiger partial charge in [0.05, 0.1) is 0 Å². The molecule has 0 radical (unpaired) electrons. The number of rotatable bonds is 6. The number of Topliss-reactive ketones (excluding diaryl/α,β-unsaturated/α-hetero) is 2. The van der Waals surface area contributed by atoms with Crippen LogP contribution in [0.15, 0.2) is 54.6 Å². The van der Waals surface area contributed by atoms with Gasteiger partial charge in [0.15, 0.2) is 5.78 Å². The highest BCUT2D eigenvalue weighted by atomic mass is 35.5. The van der Waals surface area contributed by atoms with Crippen molar-refractivity contribution < 1.29 is 18.8 Å². The fourth-order valence-electron chi connectivity index (χ4n) is 4.19. The lowest BCUT2D eigenvalue weighted by molar-refractivity contribution is -0.124. The molecule has 174 valence electrons. The molecule has 1 heterocycles. The van der Waals surface area contributed by atoms with Crippen LogP contribution in [-0.4, -0.2) is 29.0 Å². The zero-order valence-corrected chi connectivity index (χ0v) is 19.8. The van der Waals surface area contributed by atoms with Crippen LogP contribution in [0, 0.1) is 18.7 Å². The Kier molecular flexibility index (Phi) is 7.10. The molecule has 4 rings (SSSR count). The number of hydrogen-bond acceptors (Lipinski definition) is 4. The van der Waals surface area contributed by atoms with Gasteiger partial charge in [0.2, 0.25) is 0 Å². The van der Waals surface area contributed by atoms with E-state index in [0.717, 1.165) is 5.69 Å². The monoisotopic (exact) mass is 498 g/mol. The molecule has 1 fully saturated rings. The van der Waals surface area contributed by atoms with Gasteiger partial charge in [0, 0.05) is 40.2 Å². The van der Waals surface area contributed by atoms with Crippen LogP contribution in [0.1, 0.15) is 40.5 Å². The van der Waals surface area contributed by atoms with Crippen molar-refractivity contribution in [1.82, 2.24) is 10.3 Å². The number of hydrogen-bond donors (Lipinski definition) is 1. The minimum Gasteiger partial charge on any atom is -0.351 e. The molecular weight excluding hydrogens is 478 g/mol. The average molecular weight is 499 g/mol. The first-order chi connectivity index (χ1) is 16.2. The SMILES string of the molecule is Cc1cccc(C(=O)NCCC2CC(=O)C(c3c(Cl)cc(-c4ccc(F)cc4)cc3Cl)C2=O)n1. The summed E-state index contributed by atoms with van der Waals surface area (Å²) in [5, 5.41) is 3.16. The van der Waals surface area contributed by atoms with Gasteiger partial charge in [-0.15, -0.1) is 0 Å². The van der Waals surface area contributed by atoms with Crippen molar-refractivity contribution in [3.05, 3.63) is 87.4 Å². The minimum atomic E-state index is -1.04. The van der Waals surface area contributed by atoms with Crippen molar-refractivity contribution in [2.45, 2.75) is 25.7 Å². The van der Waals surface area contributed by atoms with Gasteiger partial charge < -0.3 is 5.32 Å². The number of aryl methyl sites for hydroxylation is 1. The highest BCUT2D eigenvalue weighted by Crippen LogP contribution is 2.42. The summed E-state index contributed by atoms with van der Waals surface area (Å²) < 4.78 is 13.2. The summed E-state index contributed by atoms with van der Waals surface area (Å²) >= 11 is 12.9. The first-order valence-corrected chi connectivity index (χ1v) is 11.5. The molecule has 3 aromatic rings. The van der Waals surface area contributed by atoms with Crippen LogP contribution in [-0.2, 0) is 9.59 Å². The van der Waals surface area contributed by atoms with E-state index < -0.39 is 11.8 Å². The van der Waals surface area contributed by atoms with Gasteiger partial charge >= 0.3 is 0 Å². The molecule has 0 spiro atoms. The molecule has 1 amide bonds. The Morgan fingerprint density at radius 1 is 1.06 bits per heavy atom. The maximum absolute atomic E-state index is 13.2. The Morgan fingerprint density at radius 2 is 1.74 bits per heavy atom. The Morgan fingerprint density at radius 3 is 2.38 bits per heavy atom. The lowest BCUT2D eigenvalue weighted by Gasteiger charge is -2.15. The summed E-state index contributed by atoms with van der Waals surface area (Å²) in [7, 11) is 0. The number of amides is 1. The van der Waals surface area contributed by atoms with Crippen molar-refractivity contribution in [2.75, 3.05) is 6.54 Å². The molecule has 2 unspecified atom stereocenters. The van der Waals surface area contributed by atoms with Gasteiger partial charge in [0.25, 0.3) is 5.91 Å². The Labute approximate surface area is 206 Å². The van der Waals surface area contributed by atoms with Gasteiger partial charge in [-0.2, -0.15) is 0 Å². The fourth-order valence-corrected chi connectivity index (χ4v) is 4.90. The van der Waals surface area contributed by atoms with E-state index in [1.807, 2.05) is 0 Å². The number of nitrogens with one attached hydrogen (secondary N) is 1. The second-order valence-corrected chi connectivity index (χ2v) is 9.09. The van der Waals surface area contributed by atoms with E-state index in [4.69, 9.17) is 23.2 Å². The molecule has 2 atom stereocenters. The summed E-state index contributed by atoms with van der Waals surface area (Å²) in [6.07, 6.45) is 0.385. The number of carbonyl (C=O) groups is 3. The summed E-state index contributed by atoms with van der Waals surface area (Å²) in [4.78, 5) is 42.3. The van der Waals surface area contributed by atoms with Crippen molar-refractivity contribution in [1.29, 1.82) is 0 Å². The van der Waals surface area contributed by atoms with Gasteiger partial charge in [-0.3, -0.25) is 14.4 Å². The van der Waals surface area contributed by atoms with Crippen LogP contribution >= 0.6 is 23.2 Å². The summed E-state index contributed by atoms with van der Waals surface area (Å²) in [5.74, 6) is -2.78. The van der Waals surface area contributed by atoms with E-state index in [1.165, 1.54) is 12.1 Å². The van der Waals surface area contributed by atoms with Crippen molar-refractivity contribution in [3.63, 3.8) is 0 Å². The lowest BCUT2D eigenvalue weighted by Crippen LogP contribution is -2.28. The molecule has 5 nitrogen and oxygen atoms in total. The molecule has 1 aliphatic carbocycles. The van der Waals surface area contributed by atoms with E-state index in [-0.39, 0.29) is 46.3 Å². The third-order valence-corrected chi connectivity index (χ3v) is 6.53. The number of halogens is 3. The van der Waals surface area contributed by atoms with Crippen LogP contribution in [0.3, 0.4) is 0 Å². The van der Waals surface area contributed by atoms with E-state index in [1.54, 1.807) is 49.4 Å². The zero-order chi connectivity index (χ0) is 24.4. The normalized spacial score (nSPS) is 17.8. The largest absolute Gasteiger partial charge is 0.351 e. The number of carbonyl (C=O) groups excluding carboxylic acids is 3. The quantitative estimate of drug-likeness (QED) is 0.451. The van der Waals surface area contributed by atoms with E-state index >= 15 is 0 Å². The molecular formula is C26H21Cl2FN2O3. The molecule has 0 aliphatic heterocycles. The maximum Gasteiger partial charge on any atom is 0.269 e. The highest BCUT2D eigenvalue weighted by molar-refractivity contribution is 6.38. The molecule has 1 aromatic heterocycles. The van der Waals surface area contributed by atoms with Gasteiger partial charge in [-0.05, 0) is 60.9 Å². The van der Waals surface area contributed by atoms with Crippen LogP contribution in [0.25, 0.3) is 11.1 Å². The van der Waals surface area contributed by atoms with Crippen molar-refractivity contribution in [3.8, 4) is 11.1 Å². The summed E-state index contributed by atoms with van der Waals surface area (Å²) in [6, 6.07) is 14.2. The standard InChI is InChI=1S/C26H21Cl2FN2O3/c1-14-3-2-4-21(31-14)26(34)30-10-9-16-13-22(32)24(25(16)33)23-19(27)11-17(12-20(23)28)15-5-7-18(29)8-6-15/h2-8,11-12,16,24H,9-10,13H2,1H3,(H,30,34). The van der Waals surface area contributed by atoms with E-state index in [2.05, 4.69) is 10.3 Å². The van der Waals surface area contributed by atoms with Crippen molar-refractivity contribution in [2.24, 2.45) is 5.92 Å². The number of benzene rings is 2. The molecule has 0 bridgehead atoms. The lowest BCUT2D eigenvalue weighted by atomic mass is 9.91. The predicted molar refractivity (Wildman–Crippen MR) is 129 cm³/mol. The average Bonchev–Trinajstić information content (AvgIpc) is 3.07. The number of nitrogens with zero attached hydrogens (tertiary/aromatic N) is 1. The predicted octanol–water partition coefficient (Wildman–Crippen LogP) is 5.56. The number of ketones is 2. The van der Waals surface area contributed by atoms with Gasteiger partial charge in [-0.1, -0.05) is 41.4 Å². The van der Waals surface area contributed by atoms with Crippen LogP contribution in [0.2, 0.25) is 10.0 Å². The topological polar surface area (TPSA) is 76.1 Å². The third-order valence-electron chi connectivity index (χ3n) is 5.90. The van der Waals surface area contributed by atoms with Crippen LogP contribution in [0.5, 0.6) is 0 Å². The minimum absolute atomic E-state index is 0.0639. The smallest absolute Gasteiger partial charge is 0.269 e. The van der Waals surface area contributed by atoms with Gasteiger partial charge in [-0.25, -0.2) is 9.37 Å². The van der Waals surface area contributed by atoms with Crippen LogP contribution < -0.4 is 5.32 Å². The van der Waals surface area contributed by atoms with E-state index in [0.29, 0.717) is 28.8 Å². The number of pyridine rings is 1. The molecule has 8 heteroatoms. The summed E-state index contributed by atoms with van der Waals surface area (Å²) in [5.41, 5.74) is 2.68. The Bertz CT molecular complexity index is 1250. The zero-order valence-electron chi connectivity index (χ0n) is 18.3. The highest BCUT2D eigenvalue weighted by Gasteiger charge is 2.43. The fraction of sp³-hybridized carbons (Fsp3) is 0.231. The second kappa shape index (κ2) is 10.0. The Hall–Kier alpha value is -3.09. The molecule has 1 N–H and O–H groups in total. The second-order valence-electron chi connectivity index (χ2n) is 8.27. The Balaban J connectivity index is 1.46. The first-order valence-electron chi connectivity index (χ1n) is 10.8. The number of aromatic nitrogens is 1. The molecule has 1 aliphatic rings. The third kappa shape index (κ3) is 5.03. The van der Waals surface area contributed by atoms with Gasteiger partial charge in [0.1, 0.15) is 23.2 Å². The van der Waals surface area contributed by atoms with E-state index in [9.17, 15) is 18.8 Å². The van der Waals surface area contributed by atoms with Crippen molar-refractivity contribution >= 4 is 40.7 Å². The van der Waals surface area contributed by atoms with Crippen LogP contribution in [0.4, 0.5) is 4.39 Å². The molecule has 34 heavy (non-hydrogen) atoms. The molecule has 0 saturated heterocycles. The maximum atomic E-state index is 13.2. The first kappa shape index (κ1) is 24.0. The summed E-state index contributed by atoms with van der Waals surface area (Å²) in [6.45, 7) is 2.03. The molecule has 1 saturated carbocycles. The molecule has 2 aromatic carbocycles.